The lowest BCUT2D eigenvalue weighted by molar-refractivity contribution is 0.287. The second kappa shape index (κ2) is 4.93. The first-order valence-electron chi connectivity index (χ1n) is 5.04. The predicted octanol–water partition coefficient (Wildman–Crippen LogP) is 1.68. The van der Waals surface area contributed by atoms with E-state index in [1.54, 1.807) is 13.8 Å². The fraction of sp³-hybridized carbons (Fsp3) is 0.455. The van der Waals surface area contributed by atoms with E-state index < -0.39 is 27.5 Å². The van der Waals surface area contributed by atoms with Crippen molar-refractivity contribution in [2.75, 3.05) is 6.61 Å². The number of aliphatic hydroxyl groups excluding tert-OH is 1. The van der Waals surface area contributed by atoms with Crippen molar-refractivity contribution in [2.45, 2.75) is 30.4 Å². The molecule has 0 aromatic heterocycles. The van der Waals surface area contributed by atoms with Gasteiger partial charge in [-0.2, -0.15) is 0 Å². The van der Waals surface area contributed by atoms with Crippen LogP contribution in [0.4, 0.5) is 4.39 Å². The number of rotatable bonds is 4. The highest BCUT2D eigenvalue weighted by molar-refractivity contribution is 7.92. The Morgan fingerprint density at radius 3 is 2.50 bits per heavy atom. The standard InChI is InChI=1S/C11H15FO3S/c1-3-10(7-13)16(14,15)11-5-4-9(12)6-8(11)2/h4-6,10,13H,3,7H2,1-2H3. The van der Waals surface area contributed by atoms with Crippen molar-refractivity contribution in [3.63, 3.8) is 0 Å². The molecule has 0 aliphatic rings. The van der Waals surface area contributed by atoms with Crippen LogP contribution in [0.15, 0.2) is 23.1 Å². The zero-order valence-electron chi connectivity index (χ0n) is 9.27. The molecular weight excluding hydrogens is 231 g/mol. The van der Waals surface area contributed by atoms with Crippen LogP contribution in [0.25, 0.3) is 0 Å². The highest BCUT2D eigenvalue weighted by atomic mass is 32.2. The molecule has 0 aliphatic carbocycles. The molecule has 1 aromatic carbocycles. The number of hydrogen-bond donors (Lipinski definition) is 1. The van der Waals surface area contributed by atoms with E-state index in [0.717, 1.165) is 6.07 Å². The number of sulfone groups is 1. The highest BCUT2D eigenvalue weighted by Gasteiger charge is 2.26. The van der Waals surface area contributed by atoms with Crippen LogP contribution in [0.1, 0.15) is 18.9 Å². The maximum absolute atomic E-state index is 12.9. The van der Waals surface area contributed by atoms with E-state index in [1.165, 1.54) is 12.1 Å². The average Bonchev–Trinajstić information content (AvgIpc) is 2.18. The number of aliphatic hydroxyl groups is 1. The lowest BCUT2D eigenvalue weighted by Crippen LogP contribution is -2.25. The van der Waals surface area contributed by atoms with Gasteiger partial charge >= 0.3 is 0 Å². The molecule has 0 bridgehead atoms. The van der Waals surface area contributed by atoms with Gasteiger partial charge in [0.05, 0.1) is 16.8 Å². The fourth-order valence-corrected chi connectivity index (χ4v) is 3.32. The predicted molar refractivity (Wildman–Crippen MR) is 59.5 cm³/mol. The van der Waals surface area contributed by atoms with E-state index >= 15 is 0 Å². The van der Waals surface area contributed by atoms with Crippen LogP contribution >= 0.6 is 0 Å². The van der Waals surface area contributed by atoms with E-state index in [2.05, 4.69) is 0 Å². The summed E-state index contributed by atoms with van der Waals surface area (Å²) in [5.41, 5.74) is 0.368. The Morgan fingerprint density at radius 2 is 2.06 bits per heavy atom. The molecule has 0 aliphatic heterocycles. The van der Waals surface area contributed by atoms with Crippen molar-refractivity contribution in [1.29, 1.82) is 0 Å². The summed E-state index contributed by atoms with van der Waals surface area (Å²) >= 11 is 0. The van der Waals surface area contributed by atoms with E-state index in [-0.39, 0.29) is 4.90 Å². The molecule has 1 atom stereocenters. The molecule has 0 radical (unpaired) electrons. The maximum Gasteiger partial charge on any atom is 0.183 e. The summed E-state index contributed by atoms with van der Waals surface area (Å²) in [6.45, 7) is 2.81. The van der Waals surface area contributed by atoms with Crippen molar-refractivity contribution in [3.8, 4) is 0 Å². The van der Waals surface area contributed by atoms with Crippen molar-refractivity contribution in [1.82, 2.24) is 0 Å². The van der Waals surface area contributed by atoms with Gasteiger partial charge in [-0.25, -0.2) is 12.8 Å². The molecule has 16 heavy (non-hydrogen) atoms. The summed E-state index contributed by atoms with van der Waals surface area (Å²) in [6.07, 6.45) is 0.329. The summed E-state index contributed by atoms with van der Waals surface area (Å²) in [7, 11) is -3.57. The third-order valence-corrected chi connectivity index (χ3v) is 4.97. The Labute approximate surface area is 94.8 Å². The van der Waals surface area contributed by atoms with E-state index in [9.17, 15) is 12.8 Å². The largest absolute Gasteiger partial charge is 0.395 e. The molecule has 1 N–H and O–H groups in total. The van der Waals surface area contributed by atoms with Crippen molar-refractivity contribution < 1.29 is 17.9 Å². The lowest BCUT2D eigenvalue weighted by Gasteiger charge is -2.14. The number of halogens is 1. The van der Waals surface area contributed by atoms with Gasteiger partial charge in [-0.15, -0.1) is 0 Å². The molecule has 0 fully saturated rings. The minimum absolute atomic E-state index is 0.0924. The van der Waals surface area contributed by atoms with Gasteiger partial charge in [0.1, 0.15) is 5.82 Å². The normalized spacial score (nSPS) is 13.8. The molecule has 1 rings (SSSR count). The minimum atomic E-state index is -3.57. The van der Waals surface area contributed by atoms with E-state index in [4.69, 9.17) is 5.11 Å². The van der Waals surface area contributed by atoms with Crippen LogP contribution in [-0.4, -0.2) is 25.4 Å². The molecule has 0 saturated carbocycles. The van der Waals surface area contributed by atoms with Gasteiger partial charge in [-0.3, -0.25) is 0 Å². The molecule has 90 valence electrons. The number of benzene rings is 1. The van der Waals surface area contributed by atoms with Crippen molar-refractivity contribution >= 4 is 9.84 Å². The Kier molecular flexibility index (Phi) is 4.04. The molecular formula is C11H15FO3S. The Morgan fingerprint density at radius 1 is 1.44 bits per heavy atom. The molecule has 1 aromatic rings. The smallest absolute Gasteiger partial charge is 0.183 e. The van der Waals surface area contributed by atoms with Gasteiger partial charge in [-0.1, -0.05) is 6.92 Å². The first-order chi connectivity index (χ1) is 7.43. The first-order valence-corrected chi connectivity index (χ1v) is 6.59. The Hall–Kier alpha value is -0.940. The Bertz CT molecular complexity index is 464. The molecule has 0 spiro atoms. The second-order valence-electron chi connectivity index (χ2n) is 3.67. The number of aryl methyl sites for hydroxylation is 1. The molecule has 0 amide bonds. The van der Waals surface area contributed by atoms with Gasteiger partial charge < -0.3 is 5.11 Å². The third kappa shape index (κ3) is 2.41. The zero-order valence-corrected chi connectivity index (χ0v) is 10.1. The monoisotopic (exact) mass is 246 g/mol. The van der Waals surface area contributed by atoms with Crippen LogP contribution in [0.5, 0.6) is 0 Å². The summed E-state index contributed by atoms with van der Waals surface area (Å²) in [4.78, 5) is 0.0924. The second-order valence-corrected chi connectivity index (χ2v) is 5.86. The van der Waals surface area contributed by atoms with Gasteiger partial charge in [0, 0.05) is 0 Å². The van der Waals surface area contributed by atoms with Crippen molar-refractivity contribution in [3.05, 3.63) is 29.6 Å². The van der Waals surface area contributed by atoms with Crippen LogP contribution in [-0.2, 0) is 9.84 Å². The molecule has 3 nitrogen and oxygen atoms in total. The molecule has 5 heteroatoms. The lowest BCUT2D eigenvalue weighted by atomic mass is 10.2. The topological polar surface area (TPSA) is 54.4 Å². The highest BCUT2D eigenvalue weighted by Crippen LogP contribution is 2.22. The van der Waals surface area contributed by atoms with Crippen LogP contribution in [0.3, 0.4) is 0 Å². The van der Waals surface area contributed by atoms with E-state index in [1.807, 2.05) is 0 Å². The van der Waals surface area contributed by atoms with Crippen LogP contribution in [0.2, 0.25) is 0 Å². The summed E-state index contributed by atoms with van der Waals surface area (Å²) < 4.78 is 36.9. The van der Waals surface area contributed by atoms with E-state index in [0.29, 0.717) is 12.0 Å². The molecule has 0 saturated heterocycles. The third-order valence-electron chi connectivity index (χ3n) is 2.54. The van der Waals surface area contributed by atoms with Gasteiger partial charge in [0.25, 0.3) is 0 Å². The van der Waals surface area contributed by atoms with Crippen LogP contribution in [0, 0.1) is 12.7 Å². The average molecular weight is 246 g/mol. The summed E-state index contributed by atoms with van der Waals surface area (Å²) in [6, 6.07) is 3.54. The number of hydrogen-bond acceptors (Lipinski definition) is 3. The summed E-state index contributed by atoms with van der Waals surface area (Å²) in [5.74, 6) is -0.464. The zero-order chi connectivity index (χ0) is 12.3. The van der Waals surface area contributed by atoms with Crippen molar-refractivity contribution in [2.24, 2.45) is 0 Å². The fourth-order valence-electron chi connectivity index (χ4n) is 1.56. The van der Waals surface area contributed by atoms with Gasteiger partial charge in [0.15, 0.2) is 9.84 Å². The first kappa shape index (κ1) is 13.1. The molecule has 1 unspecified atom stereocenters. The molecule has 0 heterocycles. The van der Waals surface area contributed by atoms with Gasteiger partial charge in [0.2, 0.25) is 0 Å². The van der Waals surface area contributed by atoms with Crippen LogP contribution < -0.4 is 0 Å². The summed E-state index contributed by atoms with van der Waals surface area (Å²) in [5, 5.41) is 8.19. The quantitative estimate of drug-likeness (QED) is 0.822. The maximum atomic E-state index is 12.9. The SMILES string of the molecule is CCC(CO)S(=O)(=O)c1ccc(F)cc1C. The Balaban J connectivity index is 3.27. The minimum Gasteiger partial charge on any atom is -0.395 e. The van der Waals surface area contributed by atoms with Gasteiger partial charge in [-0.05, 0) is 37.1 Å².